The summed E-state index contributed by atoms with van der Waals surface area (Å²) in [5.41, 5.74) is 0.366. The number of nitrogens with one attached hydrogen (secondary N) is 1. The van der Waals surface area contributed by atoms with Crippen molar-refractivity contribution in [2.24, 2.45) is 5.92 Å². The second-order valence-corrected chi connectivity index (χ2v) is 5.81. The molecule has 8 heteroatoms. The molecular formula is C14H18ClN3O4. The van der Waals surface area contributed by atoms with E-state index in [1.165, 1.54) is 11.1 Å². The molecule has 2 heterocycles. The molecule has 1 saturated heterocycles. The van der Waals surface area contributed by atoms with E-state index in [-0.39, 0.29) is 24.6 Å². The minimum atomic E-state index is -0.886. The van der Waals surface area contributed by atoms with E-state index in [1.54, 1.807) is 6.07 Å². The fraction of sp³-hybridized carbons (Fsp3) is 0.500. The number of likely N-dealkylation sites (tertiary alicyclic amines) is 1. The number of aromatic nitrogens is 1. The number of urea groups is 1. The Morgan fingerprint density at radius 1 is 1.55 bits per heavy atom. The second-order valence-electron chi connectivity index (χ2n) is 5.37. The lowest BCUT2D eigenvalue weighted by Crippen LogP contribution is -2.34. The Labute approximate surface area is 133 Å². The van der Waals surface area contributed by atoms with Crippen LogP contribution in [0.5, 0.6) is 5.88 Å². The zero-order valence-electron chi connectivity index (χ0n) is 12.4. The lowest BCUT2D eigenvalue weighted by molar-refractivity contribution is -0.141. The number of nitrogens with zero attached hydrogens (tertiary/aromatic N) is 2. The number of halogens is 1. The van der Waals surface area contributed by atoms with E-state index in [2.05, 4.69) is 10.3 Å². The molecule has 120 valence electrons. The maximum Gasteiger partial charge on any atom is 0.322 e. The fourth-order valence-corrected chi connectivity index (χ4v) is 2.33. The van der Waals surface area contributed by atoms with Crippen LogP contribution in [0.4, 0.5) is 10.5 Å². The van der Waals surface area contributed by atoms with Crippen LogP contribution in [0.1, 0.15) is 20.3 Å². The summed E-state index contributed by atoms with van der Waals surface area (Å²) < 4.78 is 5.53. The van der Waals surface area contributed by atoms with E-state index >= 15 is 0 Å². The van der Waals surface area contributed by atoms with Crippen LogP contribution in [-0.4, -0.2) is 46.2 Å². The molecule has 0 radical (unpaired) electrons. The third kappa shape index (κ3) is 4.00. The predicted molar refractivity (Wildman–Crippen MR) is 81.3 cm³/mol. The summed E-state index contributed by atoms with van der Waals surface area (Å²) in [5, 5.41) is 12.0. The maximum atomic E-state index is 12.2. The van der Waals surface area contributed by atoms with Gasteiger partial charge in [0.2, 0.25) is 5.88 Å². The number of carbonyl (C=O) groups is 2. The van der Waals surface area contributed by atoms with Crippen LogP contribution in [0.25, 0.3) is 0 Å². The third-order valence-electron chi connectivity index (χ3n) is 3.23. The number of anilines is 1. The van der Waals surface area contributed by atoms with Gasteiger partial charge in [0, 0.05) is 19.3 Å². The van der Waals surface area contributed by atoms with Crippen LogP contribution < -0.4 is 10.1 Å². The highest BCUT2D eigenvalue weighted by Crippen LogP contribution is 2.27. The van der Waals surface area contributed by atoms with Gasteiger partial charge in [-0.3, -0.25) is 4.79 Å². The summed E-state index contributed by atoms with van der Waals surface area (Å²) >= 11 is 5.90. The van der Waals surface area contributed by atoms with Crippen molar-refractivity contribution in [3.63, 3.8) is 0 Å². The number of carbonyl (C=O) groups excluding carboxylic acids is 1. The van der Waals surface area contributed by atoms with Crippen molar-refractivity contribution < 1.29 is 19.4 Å². The summed E-state index contributed by atoms with van der Waals surface area (Å²) in [4.78, 5) is 28.7. The van der Waals surface area contributed by atoms with Crippen LogP contribution in [0.3, 0.4) is 0 Å². The third-order valence-corrected chi connectivity index (χ3v) is 3.44. The number of carboxylic acid groups (broad SMARTS) is 1. The fourth-order valence-electron chi connectivity index (χ4n) is 2.17. The smallest absolute Gasteiger partial charge is 0.322 e. The number of aliphatic carboxylic acids is 1. The molecule has 1 atom stereocenters. The van der Waals surface area contributed by atoms with Crippen molar-refractivity contribution in [1.82, 2.24) is 9.88 Å². The molecule has 1 aliphatic rings. The van der Waals surface area contributed by atoms with Crippen LogP contribution in [0.2, 0.25) is 5.02 Å². The van der Waals surface area contributed by atoms with Gasteiger partial charge >= 0.3 is 12.0 Å². The van der Waals surface area contributed by atoms with Crippen molar-refractivity contribution in [3.8, 4) is 5.88 Å². The number of carboxylic acids is 1. The molecule has 7 nitrogen and oxygen atoms in total. The molecule has 0 aromatic carbocycles. The molecule has 1 aromatic rings. The molecule has 0 saturated carbocycles. The van der Waals surface area contributed by atoms with Crippen LogP contribution in [0, 0.1) is 5.92 Å². The molecule has 22 heavy (non-hydrogen) atoms. The van der Waals surface area contributed by atoms with Gasteiger partial charge in [-0.25, -0.2) is 9.78 Å². The van der Waals surface area contributed by atoms with Crippen LogP contribution in [-0.2, 0) is 4.79 Å². The number of amides is 2. The number of pyridine rings is 1. The van der Waals surface area contributed by atoms with Gasteiger partial charge in [-0.15, -0.1) is 0 Å². The first-order valence-corrected chi connectivity index (χ1v) is 7.35. The lowest BCUT2D eigenvalue weighted by Gasteiger charge is -2.19. The zero-order chi connectivity index (χ0) is 16.3. The SMILES string of the molecule is CC(C)Oc1ncc(Cl)cc1NC(=O)N1CCC(C(=O)O)C1. The number of ether oxygens (including phenoxy) is 1. The Hall–Kier alpha value is -2.02. The molecule has 2 rings (SSSR count). The Bertz CT molecular complexity index is 579. The van der Waals surface area contributed by atoms with E-state index in [1.807, 2.05) is 13.8 Å². The minimum absolute atomic E-state index is 0.104. The van der Waals surface area contributed by atoms with Gasteiger partial charge in [-0.05, 0) is 26.3 Å². The first-order valence-electron chi connectivity index (χ1n) is 6.97. The van der Waals surface area contributed by atoms with Crippen LogP contribution >= 0.6 is 11.6 Å². The molecule has 1 fully saturated rings. The summed E-state index contributed by atoms with van der Waals surface area (Å²) in [6, 6.07) is 1.16. The average molecular weight is 328 g/mol. The summed E-state index contributed by atoms with van der Waals surface area (Å²) in [7, 11) is 0. The first kappa shape index (κ1) is 16.4. The standard InChI is InChI=1S/C14H18ClN3O4/c1-8(2)22-12-11(5-10(15)6-16-12)17-14(21)18-4-3-9(7-18)13(19)20/h5-6,8-9H,3-4,7H2,1-2H3,(H,17,21)(H,19,20). The second kappa shape index (κ2) is 6.83. The van der Waals surface area contributed by atoms with Crippen LogP contribution in [0.15, 0.2) is 12.3 Å². The van der Waals surface area contributed by atoms with Crippen molar-refractivity contribution in [1.29, 1.82) is 0 Å². The van der Waals surface area contributed by atoms with E-state index in [0.29, 0.717) is 23.7 Å². The molecule has 2 N–H and O–H groups in total. The molecule has 0 spiro atoms. The van der Waals surface area contributed by atoms with E-state index in [9.17, 15) is 9.59 Å². The van der Waals surface area contributed by atoms with E-state index in [0.717, 1.165) is 0 Å². The minimum Gasteiger partial charge on any atom is -0.481 e. The monoisotopic (exact) mass is 327 g/mol. The zero-order valence-corrected chi connectivity index (χ0v) is 13.1. The number of hydrogen-bond donors (Lipinski definition) is 2. The highest BCUT2D eigenvalue weighted by Gasteiger charge is 2.31. The Balaban J connectivity index is 2.08. The van der Waals surface area contributed by atoms with Gasteiger partial charge in [-0.2, -0.15) is 0 Å². The van der Waals surface area contributed by atoms with Crippen molar-refractivity contribution in [2.45, 2.75) is 26.4 Å². The van der Waals surface area contributed by atoms with Crippen molar-refractivity contribution >= 4 is 29.3 Å². The molecule has 1 aliphatic heterocycles. The van der Waals surface area contributed by atoms with Gasteiger partial charge in [0.15, 0.2) is 0 Å². The van der Waals surface area contributed by atoms with Gasteiger partial charge < -0.3 is 20.1 Å². The highest BCUT2D eigenvalue weighted by atomic mass is 35.5. The van der Waals surface area contributed by atoms with E-state index < -0.39 is 11.9 Å². The van der Waals surface area contributed by atoms with E-state index in [4.69, 9.17) is 21.4 Å². The normalized spacial score (nSPS) is 17.6. The molecule has 1 aromatic heterocycles. The van der Waals surface area contributed by atoms with Gasteiger partial charge in [-0.1, -0.05) is 11.6 Å². The topological polar surface area (TPSA) is 91.8 Å². The Morgan fingerprint density at radius 2 is 2.27 bits per heavy atom. The molecule has 0 bridgehead atoms. The highest BCUT2D eigenvalue weighted by molar-refractivity contribution is 6.30. The van der Waals surface area contributed by atoms with Gasteiger partial charge in [0.25, 0.3) is 0 Å². The number of rotatable bonds is 4. The van der Waals surface area contributed by atoms with Crippen molar-refractivity contribution in [2.75, 3.05) is 18.4 Å². The van der Waals surface area contributed by atoms with Crippen molar-refractivity contribution in [3.05, 3.63) is 17.3 Å². The molecule has 1 unspecified atom stereocenters. The summed E-state index contributed by atoms with van der Waals surface area (Å²) in [6.45, 7) is 4.28. The van der Waals surface area contributed by atoms with Gasteiger partial charge in [0.1, 0.15) is 5.69 Å². The number of hydrogen-bond acceptors (Lipinski definition) is 4. The molecular weight excluding hydrogens is 310 g/mol. The predicted octanol–water partition coefficient (Wildman–Crippen LogP) is 2.46. The summed E-state index contributed by atoms with van der Waals surface area (Å²) in [5.74, 6) is -1.13. The maximum absolute atomic E-state index is 12.2. The Kier molecular flexibility index (Phi) is 5.07. The Morgan fingerprint density at radius 3 is 2.86 bits per heavy atom. The lowest BCUT2D eigenvalue weighted by atomic mass is 10.1. The molecule has 0 aliphatic carbocycles. The largest absolute Gasteiger partial charge is 0.481 e. The van der Waals surface area contributed by atoms with Gasteiger partial charge in [0.05, 0.1) is 17.0 Å². The molecule has 2 amide bonds. The average Bonchev–Trinajstić information content (AvgIpc) is 2.91. The summed E-state index contributed by atoms with van der Waals surface area (Å²) in [6.07, 6.45) is 1.78. The quantitative estimate of drug-likeness (QED) is 0.886. The first-order chi connectivity index (χ1) is 10.4.